The first-order valence-electron chi connectivity index (χ1n) is 19.6. The molecule has 0 spiro atoms. The van der Waals surface area contributed by atoms with Crippen molar-refractivity contribution in [1.29, 1.82) is 0 Å². The topological polar surface area (TPSA) is 21.3 Å². The molecule has 6 aromatic carbocycles. The Morgan fingerprint density at radius 3 is 2.11 bits per heavy atom. The van der Waals surface area contributed by atoms with Crippen LogP contribution in [0.1, 0.15) is 83.2 Å². The second kappa shape index (κ2) is 10.2. The fourth-order valence-corrected chi connectivity index (χ4v) is 10.3. The third-order valence-corrected chi connectivity index (χ3v) is 12.9. The standard InChI is InChI=1S/C50H45BN2O/c1-28-24-40-44-41(25-28)53-45-34(43-46(53)33-14-10-11-17-35(33)50(43,8)9)16-12-18-37(45)51(44)36-23-21-29(48(2,3)4)26-39(36)52(40)38-19-13-15-32-31-22-20-30(49(5,6)7)27-42(31)54-47(32)38/h10-27H,1-9H3. The minimum Gasteiger partial charge on any atom is -0.454 e. The summed E-state index contributed by atoms with van der Waals surface area (Å²) in [5, 5.41) is 3.67. The van der Waals surface area contributed by atoms with Crippen molar-refractivity contribution in [2.75, 3.05) is 4.90 Å². The lowest BCUT2D eigenvalue weighted by molar-refractivity contribution is 0.587. The average Bonchev–Trinajstić information content (AvgIpc) is 3.76. The molecule has 1 aliphatic carbocycles. The van der Waals surface area contributed by atoms with Crippen molar-refractivity contribution in [2.45, 2.75) is 78.6 Å². The van der Waals surface area contributed by atoms with Gasteiger partial charge in [0.05, 0.1) is 11.4 Å². The van der Waals surface area contributed by atoms with Crippen molar-refractivity contribution >= 4 is 73.0 Å². The zero-order valence-corrected chi connectivity index (χ0v) is 32.8. The van der Waals surface area contributed by atoms with Crippen molar-refractivity contribution in [3.63, 3.8) is 0 Å². The molecule has 0 saturated carbocycles. The van der Waals surface area contributed by atoms with E-state index in [4.69, 9.17) is 4.42 Å². The van der Waals surface area contributed by atoms with E-state index in [0.717, 1.165) is 27.6 Å². The number of anilines is 3. The number of fused-ring (bicyclic) bond motifs is 12. The van der Waals surface area contributed by atoms with Crippen LogP contribution in [0.2, 0.25) is 0 Å². The third-order valence-electron chi connectivity index (χ3n) is 12.9. The number of hydrogen-bond acceptors (Lipinski definition) is 2. The number of furan rings is 1. The molecule has 4 heterocycles. The van der Waals surface area contributed by atoms with Crippen LogP contribution in [0.25, 0.3) is 49.8 Å². The fraction of sp³-hybridized carbons (Fsp3) is 0.240. The van der Waals surface area contributed by atoms with Gasteiger partial charge in [-0.25, -0.2) is 0 Å². The van der Waals surface area contributed by atoms with Gasteiger partial charge in [0.25, 0.3) is 6.71 Å². The lowest BCUT2D eigenvalue weighted by atomic mass is 9.33. The maximum absolute atomic E-state index is 6.99. The second-order valence-electron chi connectivity index (χ2n) is 18.7. The molecule has 2 aliphatic heterocycles. The Bertz CT molecular complexity index is 2960. The maximum atomic E-state index is 6.99. The number of hydrogen-bond donors (Lipinski definition) is 0. The first kappa shape index (κ1) is 32.0. The van der Waals surface area contributed by atoms with Gasteiger partial charge in [-0.2, -0.15) is 0 Å². The predicted molar refractivity (Wildman–Crippen MR) is 230 cm³/mol. The highest BCUT2D eigenvalue weighted by atomic mass is 16.3. The van der Waals surface area contributed by atoms with Gasteiger partial charge >= 0.3 is 0 Å². The molecule has 0 bridgehead atoms. The monoisotopic (exact) mass is 700 g/mol. The molecule has 0 saturated heterocycles. The summed E-state index contributed by atoms with van der Waals surface area (Å²) in [7, 11) is 0. The molecule has 54 heavy (non-hydrogen) atoms. The van der Waals surface area contributed by atoms with Crippen molar-refractivity contribution in [3.8, 4) is 16.9 Å². The summed E-state index contributed by atoms with van der Waals surface area (Å²) >= 11 is 0. The number of benzene rings is 6. The lowest BCUT2D eigenvalue weighted by Crippen LogP contribution is -2.60. The van der Waals surface area contributed by atoms with Crippen molar-refractivity contribution in [3.05, 3.63) is 137 Å². The highest BCUT2D eigenvalue weighted by Gasteiger charge is 2.47. The molecule has 0 amide bonds. The van der Waals surface area contributed by atoms with Gasteiger partial charge in [-0.3, -0.25) is 0 Å². The zero-order chi connectivity index (χ0) is 37.2. The molecule has 3 nitrogen and oxygen atoms in total. The van der Waals surface area contributed by atoms with E-state index in [2.05, 4.69) is 181 Å². The number of rotatable bonds is 1. The number of nitrogens with zero attached hydrogens (tertiary/aromatic N) is 2. The van der Waals surface area contributed by atoms with Crippen LogP contribution in [0.5, 0.6) is 0 Å². The van der Waals surface area contributed by atoms with Crippen LogP contribution >= 0.6 is 0 Å². The van der Waals surface area contributed by atoms with Gasteiger partial charge in [0, 0.05) is 49.7 Å². The van der Waals surface area contributed by atoms with Crippen LogP contribution in [0.15, 0.2) is 114 Å². The lowest BCUT2D eigenvalue weighted by Gasteiger charge is -2.41. The van der Waals surface area contributed by atoms with Gasteiger partial charge in [-0.1, -0.05) is 134 Å². The predicted octanol–water partition coefficient (Wildman–Crippen LogP) is 11.4. The van der Waals surface area contributed by atoms with Gasteiger partial charge in [0.1, 0.15) is 5.58 Å². The van der Waals surface area contributed by atoms with E-state index in [1.807, 2.05) is 0 Å². The average molecular weight is 701 g/mol. The smallest absolute Gasteiger partial charge is 0.252 e. The summed E-state index contributed by atoms with van der Waals surface area (Å²) in [6.45, 7) is 20.9. The molecule has 0 N–H and O–H groups in total. The molecule has 0 fully saturated rings. The van der Waals surface area contributed by atoms with Gasteiger partial charge in [-0.15, -0.1) is 0 Å². The Morgan fingerprint density at radius 2 is 1.31 bits per heavy atom. The molecule has 11 rings (SSSR count). The molecule has 0 unspecified atom stereocenters. The van der Waals surface area contributed by atoms with E-state index in [1.165, 1.54) is 83.4 Å². The number of para-hydroxylation sites is 2. The summed E-state index contributed by atoms with van der Waals surface area (Å²) in [4.78, 5) is 2.54. The Morgan fingerprint density at radius 1 is 0.611 bits per heavy atom. The van der Waals surface area contributed by atoms with E-state index in [1.54, 1.807) is 0 Å². The highest BCUT2D eigenvalue weighted by Crippen LogP contribution is 2.55. The zero-order valence-electron chi connectivity index (χ0n) is 32.8. The Balaban J connectivity index is 1.27. The SMILES string of the molecule is Cc1cc2c3c(c1)-n1c4c(c5cccc(c51)B3c1ccc(C(C)(C)C)cc1N2c1cccc2c1oc1cc(C(C)(C)C)ccc12)C(C)(C)c1ccccc1-4. The molecule has 3 aliphatic rings. The highest BCUT2D eigenvalue weighted by molar-refractivity contribution is 7.00. The van der Waals surface area contributed by atoms with Gasteiger partial charge in [-0.05, 0) is 92.3 Å². The molecule has 4 heteroatoms. The van der Waals surface area contributed by atoms with Crippen LogP contribution in [0.3, 0.4) is 0 Å². The minimum absolute atomic E-state index is 0.0193. The van der Waals surface area contributed by atoms with Crippen LogP contribution in [0.4, 0.5) is 17.1 Å². The van der Waals surface area contributed by atoms with E-state index in [0.29, 0.717) is 0 Å². The van der Waals surface area contributed by atoms with Crippen LogP contribution < -0.4 is 21.3 Å². The van der Waals surface area contributed by atoms with Crippen LogP contribution in [-0.2, 0) is 16.2 Å². The number of aromatic nitrogens is 1. The molecular weight excluding hydrogens is 655 g/mol. The van der Waals surface area contributed by atoms with Crippen molar-refractivity contribution in [1.82, 2.24) is 4.57 Å². The normalized spacial score (nSPS) is 15.2. The summed E-state index contributed by atoms with van der Waals surface area (Å²) < 4.78 is 9.63. The first-order valence-corrected chi connectivity index (χ1v) is 19.6. The summed E-state index contributed by atoms with van der Waals surface area (Å²) in [6.07, 6.45) is 0. The second-order valence-corrected chi connectivity index (χ2v) is 18.7. The molecule has 0 atom stereocenters. The van der Waals surface area contributed by atoms with Gasteiger partial charge < -0.3 is 13.9 Å². The van der Waals surface area contributed by atoms with Crippen LogP contribution in [0, 0.1) is 6.92 Å². The maximum Gasteiger partial charge on any atom is 0.252 e. The third kappa shape index (κ3) is 3.99. The molecule has 264 valence electrons. The van der Waals surface area contributed by atoms with Crippen LogP contribution in [-0.4, -0.2) is 11.3 Å². The fourth-order valence-electron chi connectivity index (χ4n) is 10.3. The number of aryl methyl sites for hydroxylation is 1. The van der Waals surface area contributed by atoms with Gasteiger partial charge in [0.2, 0.25) is 0 Å². The Labute approximate surface area is 318 Å². The van der Waals surface area contributed by atoms with E-state index in [-0.39, 0.29) is 23.0 Å². The Kier molecular flexibility index (Phi) is 6.03. The largest absolute Gasteiger partial charge is 0.454 e. The van der Waals surface area contributed by atoms with E-state index in [9.17, 15) is 0 Å². The first-order chi connectivity index (χ1) is 25.7. The summed E-state index contributed by atoms with van der Waals surface area (Å²) in [6, 6.07) is 41.7. The van der Waals surface area contributed by atoms with Crippen molar-refractivity contribution in [2.24, 2.45) is 0 Å². The van der Waals surface area contributed by atoms with E-state index >= 15 is 0 Å². The summed E-state index contributed by atoms with van der Waals surface area (Å²) in [5.74, 6) is 0. The quantitative estimate of drug-likeness (QED) is 0.159. The molecular formula is C50H45BN2O. The Hall–Kier alpha value is -5.48. The van der Waals surface area contributed by atoms with Gasteiger partial charge in [0.15, 0.2) is 5.58 Å². The molecule has 2 aromatic heterocycles. The van der Waals surface area contributed by atoms with Crippen molar-refractivity contribution < 1.29 is 4.42 Å². The van der Waals surface area contributed by atoms with E-state index < -0.39 is 0 Å². The minimum atomic E-state index is -0.115. The molecule has 0 radical (unpaired) electrons. The summed E-state index contributed by atoms with van der Waals surface area (Å²) in [5.41, 5.74) is 21.4. The molecule has 8 aromatic rings.